The van der Waals surface area contributed by atoms with Gasteiger partial charge >= 0.3 is 0 Å². The second-order valence-electron chi connectivity index (χ2n) is 5.04. The first-order valence-electron chi connectivity index (χ1n) is 6.26. The summed E-state index contributed by atoms with van der Waals surface area (Å²) in [5, 5.41) is 0. The van der Waals surface area contributed by atoms with Crippen molar-refractivity contribution in [2.75, 3.05) is 0 Å². The van der Waals surface area contributed by atoms with Crippen molar-refractivity contribution in [1.82, 2.24) is 0 Å². The molecule has 0 heterocycles. The summed E-state index contributed by atoms with van der Waals surface area (Å²) < 4.78 is 0. The summed E-state index contributed by atoms with van der Waals surface area (Å²) in [5.41, 5.74) is 0. The van der Waals surface area contributed by atoms with E-state index in [0.29, 0.717) is 0 Å². The second kappa shape index (κ2) is 5.67. The van der Waals surface area contributed by atoms with Gasteiger partial charge in [-0.3, -0.25) is 0 Å². The van der Waals surface area contributed by atoms with E-state index >= 15 is 0 Å². The highest BCUT2D eigenvalue weighted by atomic mass is 14.3. The van der Waals surface area contributed by atoms with Crippen molar-refractivity contribution in [1.29, 1.82) is 0 Å². The van der Waals surface area contributed by atoms with Crippen molar-refractivity contribution in [3.63, 3.8) is 0 Å². The van der Waals surface area contributed by atoms with Gasteiger partial charge in [0.25, 0.3) is 0 Å². The van der Waals surface area contributed by atoms with Gasteiger partial charge in [-0.15, -0.1) is 0 Å². The zero-order valence-corrected chi connectivity index (χ0v) is 9.68. The van der Waals surface area contributed by atoms with Crippen LogP contribution in [0.3, 0.4) is 0 Å². The topological polar surface area (TPSA) is 0 Å². The van der Waals surface area contributed by atoms with Crippen molar-refractivity contribution in [3.05, 3.63) is 0 Å². The Morgan fingerprint density at radius 2 is 1.54 bits per heavy atom. The maximum Gasteiger partial charge on any atom is -0.0411 e. The average Bonchev–Trinajstić information content (AvgIpc) is 2.17. The van der Waals surface area contributed by atoms with Crippen LogP contribution in [0.1, 0.15) is 65.7 Å². The summed E-state index contributed by atoms with van der Waals surface area (Å²) in [4.78, 5) is 0. The van der Waals surface area contributed by atoms with Crippen molar-refractivity contribution < 1.29 is 0 Å². The third kappa shape index (κ3) is 3.70. The van der Waals surface area contributed by atoms with Gasteiger partial charge in [0, 0.05) is 0 Å². The van der Waals surface area contributed by atoms with E-state index in [-0.39, 0.29) is 0 Å². The SMILES string of the molecule is CCC(CC)CC1CCC(C)CC1. The molecule has 1 aliphatic carbocycles. The Labute approximate surface area is 84.1 Å². The fraction of sp³-hybridized carbons (Fsp3) is 1.00. The molecule has 1 aliphatic rings. The molecule has 0 unspecified atom stereocenters. The molecular weight excluding hydrogens is 156 g/mol. The molecule has 13 heavy (non-hydrogen) atoms. The van der Waals surface area contributed by atoms with Gasteiger partial charge in [-0.25, -0.2) is 0 Å². The molecule has 1 fully saturated rings. The van der Waals surface area contributed by atoms with Gasteiger partial charge in [0.05, 0.1) is 0 Å². The van der Waals surface area contributed by atoms with E-state index < -0.39 is 0 Å². The standard InChI is InChI=1S/C13H26/c1-4-12(5-2)10-13-8-6-11(3)7-9-13/h11-13H,4-10H2,1-3H3. The highest BCUT2D eigenvalue weighted by molar-refractivity contribution is 4.72. The van der Waals surface area contributed by atoms with E-state index in [0.717, 1.165) is 17.8 Å². The molecule has 0 aromatic rings. The van der Waals surface area contributed by atoms with Gasteiger partial charge in [-0.05, 0) is 24.2 Å². The summed E-state index contributed by atoms with van der Waals surface area (Å²) >= 11 is 0. The molecule has 0 nitrogen and oxygen atoms in total. The van der Waals surface area contributed by atoms with Crippen molar-refractivity contribution in [2.24, 2.45) is 17.8 Å². The van der Waals surface area contributed by atoms with Crippen LogP contribution in [0.15, 0.2) is 0 Å². The number of rotatable bonds is 4. The molecule has 0 saturated heterocycles. The number of hydrogen-bond donors (Lipinski definition) is 0. The fourth-order valence-electron chi connectivity index (χ4n) is 2.66. The van der Waals surface area contributed by atoms with E-state index in [9.17, 15) is 0 Å². The van der Waals surface area contributed by atoms with Gasteiger partial charge in [-0.2, -0.15) is 0 Å². The molecule has 0 amide bonds. The quantitative estimate of drug-likeness (QED) is 0.594. The summed E-state index contributed by atoms with van der Waals surface area (Å²) in [6, 6.07) is 0. The zero-order valence-electron chi connectivity index (χ0n) is 9.68. The minimum atomic E-state index is 1.01. The lowest BCUT2D eigenvalue weighted by molar-refractivity contribution is 0.240. The van der Waals surface area contributed by atoms with E-state index in [2.05, 4.69) is 20.8 Å². The normalized spacial score (nSPS) is 29.5. The molecular formula is C13H26. The van der Waals surface area contributed by atoms with Gasteiger partial charge < -0.3 is 0 Å². The molecule has 0 aromatic heterocycles. The Bertz CT molecular complexity index is 116. The van der Waals surface area contributed by atoms with Gasteiger partial charge in [0.2, 0.25) is 0 Å². The summed E-state index contributed by atoms with van der Waals surface area (Å²) in [5.74, 6) is 3.09. The predicted octanol–water partition coefficient (Wildman–Crippen LogP) is 4.64. The Balaban J connectivity index is 2.21. The van der Waals surface area contributed by atoms with E-state index in [1.807, 2.05) is 0 Å². The van der Waals surface area contributed by atoms with Gasteiger partial charge in [0.1, 0.15) is 0 Å². The van der Waals surface area contributed by atoms with Crippen LogP contribution in [-0.2, 0) is 0 Å². The van der Waals surface area contributed by atoms with Crippen molar-refractivity contribution in [2.45, 2.75) is 65.7 Å². The maximum atomic E-state index is 2.41. The molecule has 0 N–H and O–H groups in total. The van der Waals surface area contributed by atoms with Crippen LogP contribution in [0.25, 0.3) is 0 Å². The Kier molecular flexibility index (Phi) is 4.83. The summed E-state index contributed by atoms with van der Waals surface area (Å²) in [6.45, 7) is 7.10. The predicted molar refractivity (Wildman–Crippen MR) is 59.8 cm³/mol. The maximum absolute atomic E-state index is 2.41. The minimum absolute atomic E-state index is 1.01. The lowest BCUT2D eigenvalue weighted by Crippen LogP contribution is -2.15. The van der Waals surface area contributed by atoms with E-state index in [4.69, 9.17) is 0 Å². The Morgan fingerprint density at radius 3 is 2.00 bits per heavy atom. The fourth-order valence-corrected chi connectivity index (χ4v) is 2.66. The molecule has 1 saturated carbocycles. The summed E-state index contributed by atoms with van der Waals surface area (Å²) in [7, 11) is 0. The van der Waals surface area contributed by atoms with E-state index in [1.54, 1.807) is 0 Å². The lowest BCUT2D eigenvalue weighted by atomic mass is 9.78. The number of hydrogen-bond acceptors (Lipinski definition) is 0. The van der Waals surface area contributed by atoms with Gasteiger partial charge in [-0.1, -0.05) is 59.3 Å². The molecule has 0 radical (unpaired) electrons. The molecule has 0 aromatic carbocycles. The van der Waals surface area contributed by atoms with Crippen LogP contribution in [0.2, 0.25) is 0 Å². The highest BCUT2D eigenvalue weighted by Gasteiger charge is 2.20. The van der Waals surface area contributed by atoms with Gasteiger partial charge in [0.15, 0.2) is 0 Å². The Hall–Kier alpha value is 0. The van der Waals surface area contributed by atoms with Crippen LogP contribution in [0, 0.1) is 17.8 Å². The Morgan fingerprint density at radius 1 is 1.00 bits per heavy atom. The third-order valence-corrected chi connectivity index (χ3v) is 3.96. The summed E-state index contributed by atoms with van der Waals surface area (Å²) in [6.07, 6.45) is 10.3. The van der Waals surface area contributed by atoms with Crippen LogP contribution in [0.5, 0.6) is 0 Å². The first kappa shape index (κ1) is 11.1. The highest BCUT2D eigenvalue weighted by Crippen LogP contribution is 2.33. The second-order valence-corrected chi connectivity index (χ2v) is 5.04. The molecule has 0 bridgehead atoms. The van der Waals surface area contributed by atoms with Crippen LogP contribution < -0.4 is 0 Å². The first-order chi connectivity index (χ1) is 6.26. The molecule has 0 heteroatoms. The van der Waals surface area contributed by atoms with E-state index in [1.165, 1.54) is 44.9 Å². The lowest BCUT2D eigenvalue weighted by Gasteiger charge is -2.28. The smallest absolute Gasteiger partial charge is 0.0411 e. The van der Waals surface area contributed by atoms with Crippen molar-refractivity contribution in [3.8, 4) is 0 Å². The molecule has 78 valence electrons. The average molecular weight is 182 g/mol. The molecule has 0 atom stereocenters. The third-order valence-electron chi connectivity index (χ3n) is 3.96. The molecule has 0 spiro atoms. The molecule has 0 aliphatic heterocycles. The van der Waals surface area contributed by atoms with Crippen LogP contribution in [0.4, 0.5) is 0 Å². The molecule has 1 rings (SSSR count). The first-order valence-corrected chi connectivity index (χ1v) is 6.26. The zero-order chi connectivity index (χ0) is 9.68. The minimum Gasteiger partial charge on any atom is -0.0651 e. The van der Waals surface area contributed by atoms with Crippen molar-refractivity contribution >= 4 is 0 Å². The van der Waals surface area contributed by atoms with Crippen LogP contribution >= 0.6 is 0 Å². The van der Waals surface area contributed by atoms with Crippen LogP contribution in [-0.4, -0.2) is 0 Å². The monoisotopic (exact) mass is 182 g/mol. The largest absolute Gasteiger partial charge is 0.0651 e.